The summed E-state index contributed by atoms with van der Waals surface area (Å²) in [6.45, 7) is 6.69. The summed E-state index contributed by atoms with van der Waals surface area (Å²) in [7, 11) is 0. The Hall–Kier alpha value is -1.89. The van der Waals surface area contributed by atoms with Crippen LogP contribution in [0.1, 0.15) is 57.2 Å². The number of rotatable bonds is 4. The molecule has 3 amide bonds. The Morgan fingerprint density at radius 2 is 2.00 bits per heavy atom. The number of carbonyl (C=O) groups excluding carboxylic acids is 2. The van der Waals surface area contributed by atoms with Crippen molar-refractivity contribution in [3.63, 3.8) is 0 Å². The van der Waals surface area contributed by atoms with E-state index in [-0.39, 0.29) is 5.91 Å². The molecule has 1 N–H and O–H groups in total. The molecule has 2 aliphatic rings. The molecule has 2 fully saturated rings. The minimum Gasteiger partial charge on any atom is -0.321 e. The van der Waals surface area contributed by atoms with E-state index in [2.05, 4.69) is 29.4 Å². The van der Waals surface area contributed by atoms with Crippen molar-refractivity contribution in [3.05, 3.63) is 16.4 Å². The lowest BCUT2D eigenvalue weighted by atomic mass is 9.82. The average molecular weight is 366 g/mol. The maximum absolute atomic E-state index is 12.7. The molecule has 2 heterocycles. The van der Waals surface area contributed by atoms with Gasteiger partial charge in [0.1, 0.15) is 10.7 Å². The van der Waals surface area contributed by atoms with Crippen molar-refractivity contribution in [1.82, 2.24) is 20.1 Å². The molecule has 136 valence electrons. The molecule has 0 aromatic carbocycles. The number of aromatic nitrogens is 2. The third-order valence-corrected chi connectivity index (χ3v) is 5.20. The summed E-state index contributed by atoms with van der Waals surface area (Å²) in [5, 5.41) is 12.8. The lowest BCUT2D eigenvalue weighted by molar-refractivity contribution is -0.132. The second kappa shape index (κ2) is 6.78. The van der Waals surface area contributed by atoms with E-state index in [1.165, 1.54) is 6.21 Å². The van der Waals surface area contributed by atoms with Gasteiger partial charge in [0.25, 0.3) is 5.91 Å². The third kappa shape index (κ3) is 3.29. The molecule has 1 saturated heterocycles. The number of urea groups is 1. The summed E-state index contributed by atoms with van der Waals surface area (Å²) >= 11 is 6.38. The SMILES string of the molecule is Cc1nn(CC(C)C)c(Cl)c1C=NN1C(=O)NC2(CCCCC2)C1=O. The molecule has 7 nitrogen and oxygen atoms in total. The number of carbonyl (C=O) groups is 2. The molecule has 1 aromatic heterocycles. The van der Waals surface area contributed by atoms with Crippen LogP contribution in [0.25, 0.3) is 0 Å². The smallest absolute Gasteiger partial charge is 0.321 e. The van der Waals surface area contributed by atoms with E-state index in [1.807, 2.05) is 6.92 Å². The molecule has 0 atom stereocenters. The largest absolute Gasteiger partial charge is 0.346 e. The van der Waals surface area contributed by atoms with Crippen molar-refractivity contribution in [3.8, 4) is 0 Å². The van der Waals surface area contributed by atoms with Crippen LogP contribution in [0.3, 0.4) is 0 Å². The molecule has 1 aromatic rings. The highest BCUT2D eigenvalue weighted by Gasteiger charge is 2.51. The van der Waals surface area contributed by atoms with Gasteiger partial charge in [-0.3, -0.25) is 9.48 Å². The van der Waals surface area contributed by atoms with Crippen molar-refractivity contribution in [1.29, 1.82) is 0 Å². The lowest BCUT2D eigenvalue weighted by Gasteiger charge is -2.29. The molecular formula is C17H24ClN5O2. The molecule has 1 aliphatic carbocycles. The number of nitrogens with zero attached hydrogens (tertiary/aromatic N) is 4. The Labute approximate surface area is 152 Å². The van der Waals surface area contributed by atoms with Gasteiger partial charge in [-0.05, 0) is 25.7 Å². The Morgan fingerprint density at radius 1 is 1.32 bits per heavy atom. The minimum absolute atomic E-state index is 0.267. The molecule has 0 bridgehead atoms. The predicted molar refractivity (Wildman–Crippen MR) is 95.6 cm³/mol. The number of imide groups is 1. The Bertz CT molecular complexity index is 719. The summed E-state index contributed by atoms with van der Waals surface area (Å²) in [4.78, 5) is 24.9. The van der Waals surface area contributed by atoms with Gasteiger partial charge in [0.05, 0.1) is 17.5 Å². The van der Waals surface area contributed by atoms with Gasteiger partial charge in [0.2, 0.25) is 0 Å². The van der Waals surface area contributed by atoms with E-state index in [4.69, 9.17) is 11.6 Å². The topological polar surface area (TPSA) is 79.6 Å². The fraction of sp³-hybridized carbons (Fsp3) is 0.647. The van der Waals surface area contributed by atoms with E-state index in [0.29, 0.717) is 41.7 Å². The van der Waals surface area contributed by atoms with Crippen molar-refractivity contribution < 1.29 is 9.59 Å². The van der Waals surface area contributed by atoms with Crippen molar-refractivity contribution in [2.24, 2.45) is 11.0 Å². The molecule has 1 spiro atoms. The van der Waals surface area contributed by atoms with E-state index >= 15 is 0 Å². The first kappa shape index (κ1) is 17.9. The number of hydrazone groups is 1. The van der Waals surface area contributed by atoms with Crippen LogP contribution in [0.2, 0.25) is 5.15 Å². The quantitative estimate of drug-likeness (QED) is 0.657. The predicted octanol–water partition coefficient (Wildman–Crippen LogP) is 3.09. The zero-order chi connectivity index (χ0) is 18.2. The van der Waals surface area contributed by atoms with Crippen LogP contribution in [0.5, 0.6) is 0 Å². The second-order valence-corrected chi connectivity index (χ2v) is 7.66. The minimum atomic E-state index is -0.770. The van der Waals surface area contributed by atoms with E-state index in [0.717, 1.165) is 24.3 Å². The number of nitrogens with one attached hydrogen (secondary N) is 1. The van der Waals surface area contributed by atoms with Crippen molar-refractivity contribution in [2.45, 2.75) is 65.0 Å². The zero-order valence-electron chi connectivity index (χ0n) is 14.9. The summed E-state index contributed by atoms with van der Waals surface area (Å²) in [5.74, 6) is 0.135. The third-order valence-electron chi connectivity index (χ3n) is 4.80. The van der Waals surface area contributed by atoms with Gasteiger partial charge in [0, 0.05) is 6.54 Å². The molecule has 8 heteroatoms. The van der Waals surface area contributed by atoms with Crippen molar-refractivity contribution >= 4 is 29.8 Å². The average Bonchev–Trinajstić information content (AvgIpc) is 2.93. The highest BCUT2D eigenvalue weighted by molar-refractivity contribution is 6.32. The maximum atomic E-state index is 12.7. The van der Waals surface area contributed by atoms with Gasteiger partial charge in [-0.2, -0.15) is 10.2 Å². The monoisotopic (exact) mass is 365 g/mol. The number of amides is 3. The molecular weight excluding hydrogens is 342 g/mol. The lowest BCUT2D eigenvalue weighted by Crippen LogP contribution is -2.48. The maximum Gasteiger partial charge on any atom is 0.346 e. The van der Waals surface area contributed by atoms with Crippen LogP contribution < -0.4 is 5.32 Å². The van der Waals surface area contributed by atoms with Gasteiger partial charge in [-0.15, -0.1) is 5.01 Å². The van der Waals surface area contributed by atoms with E-state index < -0.39 is 11.6 Å². The standard InChI is InChI=1S/C17H24ClN5O2/c1-11(2)10-22-14(18)13(12(3)21-22)9-19-23-15(24)17(20-16(23)25)7-5-4-6-8-17/h9,11H,4-8,10H2,1-3H3,(H,20,25). The molecule has 0 unspecified atom stereocenters. The normalized spacial score (nSPS) is 20.3. The summed E-state index contributed by atoms with van der Waals surface area (Å²) in [6, 6.07) is -0.466. The molecule has 1 aliphatic heterocycles. The Balaban J connectivity index is 1.81. The first-order valence-electron chi connectivity index (χ1n) is 8.77. The molecule has 25 heavy (non-hydrogen) atoms. The van der Waals surface area contributed by atoms with Crippen LogP contribution in [0.4, 0.5) is 4.79 Å². The Morgan fingerprint density at radius 3 is 2.64 bits per heavy atom. The zero-order valence-corrected chi connectivity index (χ0v) is 15.6. The van der Waals surface area contributed by atoms with E-state index in [9.17, 15) is 9.59 Å². The van der Waals surface area contributed by atoms with E-state index in [1.54, 1.807) is 4.68 Å². The summed E-state index contributed by atoms with van der Waals surface area (Å²) in [6.07, 6.45) is 5.79. The first-order chi connectivity index (χ1) is 11.8. The number of hydrogen-bond acceptors (Lipinski definition) is 4. The van der Waals surface area contributed by atoms with Gasteiger partial charge in [-0.25, -0.2) is 4.79 Å². The highest BCUT2D eigenvalue weighted by atomic mass is 35.5. The fourth-order valence-electron chi connectivity index (χ4n) is 3.50. The second-order valence-electron chi connectivity index (χ2n) is 7.30. The Kier molecular flexibility index (Phi) is 4.86. The van der Waals surface area contributed by atoms with Gasteiger partial charge < -0.3 is 5.32 Å². The molecule has 0 radical (unpaired) electrons. The number of aryl methyl sites for hydroxylation is 1. The van der Waals surface area contributed by atoms with Crippen LogP contribution in [0.15, 0.2) is 5.10 Å². The van der Waals surface area contributed by atoms with Crippen LogP contribution in [-0.4, -0.2) is 38.5 Å². The van der Waals surface area contributed by atoms with Crippen LogP contribution >= 0.6 is 11.6 Å². The summed E-state index contributed by atoms with van der Waals surface area (Å²) < 4.78 is 1.72. The number of hydrogen-bond donors (Lipinski definition) is 1. The van der Waals surface area contributed by atoms with Crippen molar-refractivity contribution in [2.75, 3.05) is 0 Å². The summed E-state index contributed by atoms with van der Waals surface area (Å²) in [5.41, 5.74) is 0.578. The van der Waals surface area contributed by atoms with Crippen LogP contribution in [0, 0.1) is 12.8 Å². The molecule has 3 rings (SSSR count). The number of halogens is 1. The molecule has 1 saturated carbocycles. The van der Waals surface area contributed by atoms with Crippen LogP contribution in [-0.2, 0) is 11.3 Å². The van der Waals surface area contributed by atoms with Gasteiger partial charge in [-0.1, -0.05) is 44.7 Å². The highest BCUT2D eigenvalue weighted by Crippen LogP contribution is 2.33. The van der Waals surface area contributed by atoms with Gasteiger partial charge in [0.15, 0.2) is 0 Å². The fourth-order valence-corrected chi connectivity index (χ4v) is 3.79. The van der Waals surface area contributed by atoms with Gasteiger partial charge >= 0.3 is 6.03 Å². The first-order valence-corrected chi connectivity index (χ1v) is 9.15.